The summed E-state index contributed by atoms with van der Waals surface area (Å²) in [5.41, 5.74) is 1.37. The summed E-state index contributed by atoms with van der Waals surface area (Å²) in [5, 5.41) is 3.74. The van der Waals surface area contributed by atoms with Crippen molar-refractivity contribution < 1.29 is 13.2 Å². The zero-order valence-corrected chi connectivity index (χ0v) is 16.4. The predicted molar refractivity (Wildman–Crippen MR) is 103 cm³/mol. The van der Waals surface area contributed by atoms with Gasteiger partial charge in [-0.05, 0) is 55.2 Å². The second-order valence-corrected chi connectivity index (χ2v) is 9.43. The summed E-state index contributed by atoms with van der Waals surface area (Å²) in [7, 11) is -3.22. The van der Waals surface area contributed by atoms with Gasteiger partial charge in [0.05, 0.1) is 16.4 Å². The molecule has 2 aromatic rings. The van der Waals surface area contributed by atoms with E-state index >= 15 is 0 Å². The zero-order chi connectivity index (χ0) is 18.9. The Labute approximate surface area is 159 Å². The molecule has 1 saturated carbocycles. The highest BCUT2D eigenvalue weighted by molar-refractivity contribution is 7.90. The van der Waals surface area contributed by atoms with Gasteiger partial charge in [-0.2, -0.15) is 0 Å². The molecule has 1 aliphatic carbocycles. The van der Waals surface area contributed by atoms with Crippen LogP contribution in [0, 0.1) is 0 Å². The van der Waals surface area contributed by atoms with Crippen LogP contribution in [0.25, 0.3) is 0 Å². The minimum Gasteiger partial charge on any atom is -0.349 e. The van der Waals surface area contributed by atoms with Crippen LogP contribution in [0.1, 0.15) is 43.4 Å². The van der Waals surface area contributed by atoms with Gasteiger partial charge in [-0.25, -0.2) is 8.42 Å². The van der Waals surface area contributed by atoms with E-state index in [1.807, 2.05) is 31.2 Å². The van der Waals surface area contributed by atoms with Crippen molar-refractivity contribution in [2.24, 2.45) is 0 Å². The molecule has 3 rings (SSSR count). The smallest absolute Gasteiger partial charge is 0.231 e. The van der Waals surface area contributed by atoms with Gasteiger partial charge in [-0.1, -0.05) is 42.3 Å². The number of nitrogens with one attached hydrogen (secondary N) is 1. The maximum Gasteiger partial charge on any atom is 0.231 e. The molecule has 1 N–H and O–H groups in total. The normalized spacial score (nSPS) is 17.2. The van der Waals surface area contributed by atoms with E-state index in [1.54, 1.807) is 24.3 Å². The number of hydrogen-bond donors (Lipinski definition) is 1. The lowest BCUT2D eigenvalue weighted by atomic mass is 9.63. The number of hydrogen-bond acceptors (Lipinski definition) is 3. The van der Waals surface area contributed by atoms with Gasteiger partial charge in [0.25, 0.3) is 0 Å². The lowest BCUT2D eigenvalue weighted by Crippen LogP contribution is -2.49. The second-order valence-electron chi connectivity index (χ2n) is 6.98. The summed E-state index contributed by atoms with van der Waals surface area (Å²) in [5.74, 6) is 0.00534. The highest BCUT2D eigenvalue weighted by atomic mass is 35.5. The van der Waals surface area contributed by atoms with Crippen LogP contribution in [0.5, 0.6) is 0 Å². The third-order valence-electron chi connectivity index (χ3n) is 5.19. The number of carbonyl (C=O) groups excluding carboxylic acids is 1. The van der Waals surface area contributed by atoms with E-state index in [0.29, 0.717) is 5.02 Å². The van der Waals surface area contributed by atoms with Crippen molar-refractivity contribution in [2.45, 2.75) is 42.5 Å². The molecule has 1 fully saturated rings. The van der Waals surface area contributed by atoms with Crippen LogP contribution in [0.4, 0.5) is 0 Å². The van der Waals surface area contributed by atoms with Crippen LogP contribution in [0.2, 0.25) is 5.02 Å². The van der Waals surface area contributed by atoms with Gasteiger partial charge in [-0.3, -0.25) is 4.79 Å². The van der Waals surface area contributed by atoms with Gasteiger partial charge in [0, 0.05) is 11.3 Å². The molecule has 0 spiro atoms. The first-order chi connectivity index (χ1) is 12.2. The molecule has 2 aromatic carbocycles. The van der Waals surface area contributed by atoms with Gasteiger partial charge in [0.1, 0.15) is 0 Å². The largest absolute Gasteiger partial charge is 0.349 e. The third-order valence-corrected chi connectivity index (χ3v) is 6.57. The maximum atomic E-state index is 13.0. The standard InChI is InChI=1S/C20H22ClNO3S/c1-14(15-4-10-18(11-5-15)26(2,24)25)22-19(23)20(12-3-13-20)16-6-8-17(21)9-7-16/h4-11,14H,3,12-13H2,1-2H3,(H,22,23). The lowest BCUT2D eigenvalue weighted by molar-refractivity contribution is -0.130. The van der Waals surface area contributed by atoms with Crippen LogP contribution in [-0.2, 0) is 20.0 Å². The number of carbonyl (C=O) groups is 1. The molecule has 1 aliphatic rings. The second kappa shape index (κ2) is 7.05. The van der Waals surface area contributed by atoms with Gasteiger partial charge in [-0.15, -0.1) is 0 Å². The molecule has 0 heterocycles. The quantitative estimate of drug-likeness (QED) is 0.836. The molecule has 0 saturated heterocycles. The van der Waals surface area contributed by atoms with Crippen LogP contribution < -0.4 is 5.32 Å². The van der Waals surface area contributed by atoms with Crippen molar-refractivity contribution in [3.8, 4) is 0 Å². The van der Waals surface area contributed by atoms with Crippen molar-refractivity contribution in [1.29, 1.82) is 0 Å². The number of amides is 1. The summed E-state index contributed by atoms with van der Waals surface area (Å²) >= 11 is 5.97. The van der Waals surface area contributed by atoms with Crippen LogP contribution >= 0.6 is 11.6 Å². The van der Waals surface area contributed by atoms with Crippen LogP contribution in [0.3, 0.4) is 0 Å². The molecule has 26 heavy (non-hydrogen) atoms. The van der Waals surface area contributed by atoms with E-state index < -0.39 is 15.3 Å². The SMILES string of the molecule is CC(NC(=O)C1(c2ccc(Cl)cc2)CCC1)c1ccc(S(C)(=O)=O)cc1. The first-order valence-electron chi connectivity index (χ1n) is 8.59. The Bertz CT molecular complexity index is 901. The molecule has 1 unspecified atom stereocenters. The third kappa shape index (κ3) is 3.64. The maximum absolute atomic E-state index is 13.0. The van der Waals surface area contributed by atoms with Crippen LogP contribution in [-0.4, -0.2) is 20.6 Å². The first-order valence-corrected chi connectivity index (χ1v) is 10.9. The molecule has 4 nitrogen and oxygen atoms in total. The average Bonchev–Trinajstić information content (AvgIpc) is 2.55. The summed E-state index contributed by atoms with van der Waals surface area (Å²) < 4.78 is 23.1. The van der Waals surface area contributed by atoms with Crippen LogP contribution in [0.15, 0.2) is 53.4 Å². The summed E-state index contributed by atoms with van der Waals surface area (Å²) in [6.07, 6.45) is 3.84. The molecular weight excluding hydrogens is 370 g/mol. The highest BCUT2D eigenvalue weighted by Crippen LogP contribution is 2.44. The van der Waals surface area contributed by atoms with Crippen molar-refractivity contribution in [1.82, 2.24) is 5.32 Å². The van der Waals surface area contributed by atoms with E-state index in [4.69, 9.17) is 11.6 Å². The molecule has 0 aromatic heterocycles. The van der Waals surface area contributed by atoms with E-state index in [0.717, 1.165) is 30.4 Å². The van der Waals surface area contributed by atoms with Crippen molar-refractivity contribution in [2.75, 3.05) is 6.26 Å². The topological polar surface area (TPSA) is 63.2 Å². The summed E-state index contributed by atoms with van der Waals surface area (Å²) in [6, 6.07) is 13.9. The van der Waals surface area contributed by atoms with E-state index in [-0.39, 0.29) is 16.8 Å². The molecule has 1 amide bonds. The summed E-state index contributed by atoms with van der Waals surface area (Å²) in [6.45, 7) is 1.90. The van der Waals surface area contributed by atoms with Gasteiger partial charge >= 0.3 is 0 Å². The monoisotopic (exact) mass is 391 g/mol. The van der Waals surface area contributed by atoms with Gasteiger partial charge in [0.15, 0.2) is 9.84 Å². The Hall–Kier alpha value is -1.85. The molecule has 6 heteroatoms. The van der Waals surface area contributed by atoms with Gasteiger partial charge in [0.2, 0.25) is 5.91 Å². The minimum atomic E-state index is -3.22. The number of sulfone groups is 1. The lowest BCUT2D eigenvalue weighted by Gasteiger charge is -2.41. The predicted octanol–water partition coefficient (Wildman–Crippen LogP) is 4.04. The number of halogens is 1. The Morgan fingerprint density at radius 2 is 1.65 bits per heavy atom. The molecular formula is C20H22ClNO3S. The molecule has 138 valence electrons. The van der Waals surface area contributed by atoms with E-state index in [9.17, 15) is 13.2 Å². The molecule has 0 aliphatic heterocycles. The van der Waals surface area contributed by atoms with Gasteiger partial charge < -0.3 is 5.32 Å². The Kier molecular flexibility index (Phi) is 5.13. The van der Waals surface area contributed by atoms with E-state index in [2.05, 4.69) is 5.32 Å². The Morgan fingerprint density at radius 3 is 2.12 bits per heavy atom. The van der Waals surface area contributed by atoms with Crippen molar-refractivity contribution in [3.05, 3.63) is 64.7 Å². The number of rotatable bonds is 5. The summed E-state index contributed by atoms with van der Waals surface area (Å²) in [4.78, 5) is 13.3. The first kappa shape index (κ1) is 18.9. The average molecular weight is 392 g/mol. The molecule has 0 bridgehead atoms. The minimum absolute atomic E-state index is 0.00534. The highest BCUT2D eigenvalue weighted by Gasteiger charge is 2.45. The Balaban J connectivity index is 1.77. The van der Waals surface area contributed by atoms with Crippen molar-refractivity contribution in [3.63, 3.8) is 0 Å². The fourth-order valence-electron chi connectivity index (χ4n) is 3.37. The molecule has 0 radical (unpaired) electrons. The fraction of sp³-hybridized carbons (Fsp3) is 0.350. The van der Waals surface area contributed by atoms with E-state index in [1.165, 1.54) is 6.26 Å². The zero-order valence-electron chi connectivity index (χ0n) is 14.8. The Morgan fingerprint density at radius 1 is 1.08 bits per heavy atom. The van der Waals surface area contributed by atoms with Crippen molar-refractivity contribution >= 4 is 27.3 Å². The molecule has 1 atom stereocenters. The number of benzene rings is 2. The fourth-order valence-corrected chi connectivity index (χ4v) is 4.12.